The Morgan fingerprint density at radius 3 is 2.25 bits per heavy atom. The Kier molecular flexibility index (Phi) is 5.08. The molecule has 7 heteroatoms. The monoisotopic (exact) mass is 304 g/mol. The highest BCUT2D eigenvalue weighted by Crippen LogP contribution is 2.46. The van der Waals surface area contributed by atoms with E-state index >= 15 is 0 Å². The zero-order chi connectivity index (χ0) is 15.6. The van der Waals surface area contributed by atoms with Gasteiger partial charge in [0.15, 0.2) is 5.96 Å². The van der Waals surface area contributed by atoms with Crippen molar-refractivity contribution in [3.8, 4) is 0 Å². The molecule has 118 valence electrons. The van der Waals surface area contributed by atoms with Crippen LogP contribution in [0.3, 0.4) is 0 Å². The molecule has 1 aliphatic heterocycles. The lowest BCUT2D eigenvalue weighted by atomic mass is 9.65. The molecular weight excluding hydrogens is 276 g/mol. The van der Waals surface area contributed by atoms with Gasteiger partial charge in [0.25, 0.3) is 0 Å². The van der Waals surface area contributed by atoms with Gasteiger partial charge in [-0.25, -0.2) is 13.1 Å². The minimum atomic E-state index is -3.12. The van der Waals surface area contributed by atoms with Crippen LogP contribution in [0.4, 0.5) is 0 Å². The quantitative estimate of drug-likeness (QED) is 0.444. The Morgan fingerprint density at radius 1 is 1.25 bits per heavy atom. The number of nitrogens with one attached hydrogen (secondary N) is 2. The lowest BCUT2D eigenvalue weighted by Gasteiger charge is -2.62. The summed E-state index contributed by atoms with van der Waals surface area (Å²) in [5.41, 5.74) is 0.284. The molecule has 2 N–H and O–H groups in total. The molecule has 1 saturated heterocycles. The van der Waals surface area contributed by atoms with Crippen molar-refractivity contribution in [2.75, 3.05) is 32.4 Å². The van der Waals surface area contributed by atoms with E-state index in [9.17, 15) is 8.42 Å². The van der Waals surface area contributed by atoms with Crippen LogP contribution in [0.25, 0.3) is 0 Å². The molecule has 6 nitrogen and oxygen atoms in total. The topological polar surface area (TPSA) is 73.8 Å². The molecule has 0 aromatic carbocycles. The molecule has 0 radical (unpaired) electrons. The number of rotatable bonds is 5. The molecule has 1 aliphatic rings. The fraction of sp³-hybridized carbons (Fsp3) is 0.923. The number of nitrogens with zero attached hydrogens (tertiary/aromatic N) is 2. The first-order chi connectivity index (χ1) is 9.07. The van der Waals surface area contributed by atoms with E-state index in [2.05, 4.69) is 47.6 Å². The van der Waals surface area contributed by atoms with Gasteiger partial charge in [0.05, 0.1) is 5.75 Å². The second-order valence-electron chi connectivity index (χ2n) is 6.30. The molecule has 1 rings (SSSR count). The molecule has 0 aromatic heterocycles. The van der Waals surface area contributed by atoms with Crippen molar-refractivity contribution < 1.29 is 8.42 Å². The van der Waals surface area contributed by atoms with Gasteiger partial charge in [-0.15, -0.1) is 0 Å². The fourth-order valence-electron chi connectivity index (χ4n) is 2.18. The van der Waals surface area contributed by atoms with Crippen molar-refractivity contribution >= 4 is 16.0 Å². The highest BCUT2D eigenvalue weighted by molar-refractivity contribution is 7.89. The molecular formula is C13H28N4O2S. The smallest absolute Gasteiger partial charge is 0.211 e. The third kappa shape index (κ3) is 3.44. The summed E-state index contributed by atoms with van der Waals surface area (Å²) in [5, 5.41) is 3.21. The minimum Gasteiger partial charge on any atom is -0.355 e. The minimum absolute atomic E-state index is 0.0395. The number of hydrogen-bond acceptors (Lipinski definition) is 3. The first-order valence-electron chi connectivity index (χ1n) is 7.03. The van der Waals surface area contributed by atoms with Gasteiger partial charge in [-0.1, -0.05) is 13.8 Å². The van der Waals surface area contributed by atoms with Crippen LogP contribution in [0.2, 0.25) is 0 Å². The van der Waals surface area contributed by atoms with Crippen LogP contribution >= 0.6 is 0 Å². The Hall–Kier alpha value is -0.820. The lowest BCUT2D eigenvalue weighted by Crippen LogP contribution is -2.72. The molecule has 0 spiro atoms. The summed E-state index contributed by atoms with van der Waals surface area (Å²) < 4.78 is 25.2. The molecule has 1 fully saturated rings. The van der Waals surface area contributed by atoms with E-state index in [0.29, 0.717) is 13.1 Å². The number of hydrogen-bond donors (Lipinski definition) is 2. The molecule has 0 unspecified atom stereocenters. The van der Waals surface area contributed by atoms with E-state index in [1.54, 1.807) is 14.0 Å². The van der Waals surface area contributed by atoms with Crippen molar-refractivity contribution in [2.45, 2.75) is 40.2 Å². The van der Waals surface area contributed by atoms with Gasteiger partial charge < -0.3 is 10.2 Å². The Morgan fingerprint density at radius 2 is 1.85 bits per heavy atom. The first kappa shape index (κ1) is 17.2. The fourth-order valence-corrected chi connectivity index (χ4v) is 2.80. The summed E-state index contributed by atoms with van der Waals surface area (Å²) in [5.74, 6) is 0.930. The number of aliphatic imine (C=N–C) groups is 1. The van der Waals surface area contributed by atoms with Crippen LogP contribution < -0.4 is 10.0 Å². The third-order valence-electron chi connectivity index (χ3n) is 4.46. The van der Waals surface area contributed by atoms with E-state index in [1.807, 2.05) is 0 Å². The Balaban J connectivity index is 2.48. The van der Waals surface area contributed by atoms with Crippen molar-refractivity contribution in [2.24, 2.45) is 10.4 Å². The zero-order valence-corrected chi connectivity index (χ0v) is 14.3. The zero-order valence-electron chi connectivity index (χ0n) is 13.4. The van der Waals surface area contributed by atoms with E-state index in [4.69, 9.17) is 0 Å². The summed E-state index contributed by atoms with van der Waals surface area (Å²) in [6.45, 7) is 12.3. The van der Waals surface area contributed by atoms with E-state index in [0.717, 1.165) is 12.5 Å². The van der Waals surface area contributed by atoms with Crippen LogP contribution in [0.1, 0.15) is 34.6 Å². The molecule has 20 heavy (non-hydrogen) atoms. The Bertz CT molecular complexity index is 469. The number of sulfonamides is 1. The Labute approximate surface area is 123 Å². The van der Waals surface area contributed by atoms with Crippen LogP contribution in [-0.2, 0) is 10.0 Å². The highest BCUT2D eigenvalue weighted by atomic mass is 32.2. The average Bonchev–Trinajstić information content (AvgIpc) is 2.37. The maximum absolute atomic E-state index is 11.3. The molecule has 0 amide bonds. The van der Waals surface area contributed by atoms with Gasteiger partial charge >= 0.3 is 0 Å². The van der Waals surface area contributed by atoms with Crippen molar-refractivity contribution in [1.29, 1.82) is 0 Å². The molecule has 0 atom stereocenters. The summed E-state index contributed by atoms with van der Waals surface area (Å²) >= 11 is 0. The highest BCUT2D eigenvalue weighted by Gasteiger charge is 2.53. The van der Waals surface area contributed by atoms with Gasteiger partial charge in [-0.3, -0.25) is 4.99 Å². The molecule has 0 saturated carbocycles. The van der Waals surface area contributed by atoms with Gasteiger partial charge in [-0.05, 0) is 20.8 Å². The van der Waals surface area contributed by atoms with Gasteiger partial charge in [0, 0.05) is 37.6 Å². The summed E-state index contributed by atoms with van der Waals surface area (Å²) in [7, 11) is -1.37. The van der Waals surface area contributed by atoms with Crippen LogP contribution in [0.15, 0.2) is 4.99 Å². The van der Waals surface area contributed by atoms with E-state index in [1.165, 1.54) is 0 Å². The van der Waals surface area contributed by atoms with Crippen molar-refractivity contribution in [3.63, 3.8) is 0 Å². The van der Waals surface area contributed by atoms with Gasteiger partial charge in [0.2, 0.25) is 10.0 Å². The summed E-state index contributed by atoms with van der Waals surface area (Å²) in [4.78, 5) is 6.50. The molecule has 1 heterocycles. The van der Waals surface area contributed by atoms with E-state index < -0.39 is 10.0 Å². The maximum atomic E-state index is 11.3. The summed E-state index contributed by atoms with van der Waals surface area (Å²) in [6.07, 6.45) is 0. The van der Waals surface area contributed by atoms with Crippen LogP contribution in [0, 0.1) is 5.41 Å². The normalized spacial score (nSPS) is 21.5. The SMILES string of the molecule is CCS(=O)(=O)NCCNC(=NC)N1CC(C)(C)C1(C)C. The predicted molar refractivity (Wildman–Crippen MR) is 83.4 cm³/mol. The van der Waals surface area contributed by atoms with Gasteiger partial charge in [-0.2, -0.15) is 0 Å². The lowest BCUT2D eigenvalue weighted by molar-refractivity contribution is -0.0666. The number of likely N-dealkylation sites (tertiary alicyclic amines) is 1. The van der Waals surface area contributed by atoms with Gasteiger partial charge in [0.1, 0.15) is 0 Å². The number of guanidine groups is 1. The molecule has 0 aromatic rings. The average molecular weight is 304 g/mol. The van der Waals surface area contributed by atoms with Crippen LogP contribution in [-0.4, -0.2) is 57.3 Å². The standard InChI is InChI=1S/C13H28N4O2S/c1-7-20(18,19)16-9-8-15-11(14-6)17-10-12(2,3)13(17,4)5/h16H,7-10H2,1-6H3,(H,14,15). The third-order valence-corrected chi connectivity index (χ3v) is 5.87. The largest absolute Gasteiger partial charge is 0.355 e. The second-order valence-corrected chi connectivity index (χ2v) is 8.40. The van der Waals surface area contributed by atoms with E-state index in [-0.39, 0.29) is 16.7 Å². The van der Waals surface area contributed by atoms with Crippen molar-refractivity contribution in [1.82, 2.24) is 14.9 Å². The first-order valence-corrected chi connectivity index (χ1v) is 8.68. The molecule has 0 bridgehead atoms. The predicted octanol–water partition coefficient (Wildman–Crippen LogP) is 0.622. The molecule has 0 aliphatic carbocycles. The van der Waals surface area contributed by atoms with Crippen LogP contribution in [0.5, 0.6) is 0 Å². The summed E-state index contributed by atoms with van der Waals surface area (Å²) in [6, 6.07) is 0. The van der Waals surface area contributed by atoms with Crippen molar-refractivity contribution in [3.05, 3.63) is 0 Å². The second kappa shape index (κ2) is 5.89. The maximum Gasteiger partial charge on any atom is 0.211 e.